The number of thiophene rings is 8. The lowest BCUT2D eigenvalue weighted by Crippen LogP contribution is -2.56. The van der Waals surface area contributed by atoms with Crippen LogP contribution in [0, 0.1) is 47.3 Å². The van der Waals surface area contributed by atoms with Crippen molar-refractivity contribution in [1.29, 1.82) is 0 Å². The average molecular weight is 2130 g/mol. The smallest absolute Gasteiger partial charge is 0.173 e. The van der Waals surface area contributed by atoms with Gasteiger partial charge in [-0.2, -0.15) is 26.2 Å². The van der Waals surface area contributed by atoms with Gasteiger partial charge in [0.1, 0.15) is 65.4 Å². The third-order valence-electron chi connectivity index (χ3n) is 34.4. The number of ether oxygens (including phenoxy) is 1. The number of methoxy groups -OCH3 is 1. The van der Waals surface area contributed by atoms with Crippen molar-refractivity contribution in [2.75, 3.05) is 7.11 Å². The highest BCUT2D eigenvalue weighted by Gasteiger charge is 2.56. The predicted octanol–water partition coefficient (Wildman–Crippen LogP) is 35.9. The molecule has 0 saturated heterocycles. The summed E-state index contributed by atoms with van der Waals surface area (Å²) in [6, 6.07) is 46.7. The van der Waals surface area contributed by atoms with Crippen molar-refractivity contribution in [3.63, 3.8) is 0 Å². The number of hydrogen-bond donors (Lipinski definition) is 0. The van der Waals surface area contributed by atoms with Crippen LogP contribution in [-0.4, -0.2) is 71.9 Å². The molecule has 0 spiro atoms. The summed E-state index contributed by atoms with van der Waals surface area (Å²) < 4.78 is 38.8. The van der Waals surface area contributed by atoms with Gasteiger partial charge >= 0.3 is 0 Å². The molecule has 0 bridgehead atoms. The molecule has 0 aliphatic carbocycles. The van der Waals surface area contributed by atoms with Gasteiger partial charge < -0.3 is 4.74 Å². The molecule has 15 heterocycles. The number of fused-ring (bicyclic) bond motifs is 15. The van der Waals surface area contributed by atoms with Crippen LogP contribution in [0.5, 0.6) is 5.06 Å². The number of aldehydes is 1. The summed E-state index contributed by atoms with van der Waals surface area (Å²) in [6.07, 6.45) is 41.5. The summed E-state index contributed by atoms with van der Waals surface area (Å²) in [5.74, 6) is 5.40. The number of carbonyl (C=O) groups excluding carboxylic acids is 1. The first-order valence-electron chi connectivity index (χ1n) is 54.9. The predicted molar refractivity (Wildman–Crippen MR) is 634 cm³/mol. The fourth-order valence-electron chi connectivity index (χ4n) is 26.2. The largest absolute Gasteiger partial charge is 0.487 e. The maximum atomic E-state index is 13.0. The normalized spacial score (nSPS) is 19.0. The van der Waals surface area contributed by atoms with Crippen LogP contribution in [0.25, 0.3) is 135 Å². The van der Waals surface area contributed by atoms with Gasteiger partial charge in [-0.25, -0.2) is 0 Å². The Hall–Kier alpha value is -4.94. The monoisotopic (exact) mass is 2130 g/mol. The molecule has 3 aromatic carbocycles. The zero-order valence-electron chi connectivity index (χ0n) is 86.6. The minimum atomic E-state index is -2.52. The summed E-state index contributed by atoms with van der Waals surface area (Å²) in [6.45, 7) is 39.0. The fourth-order valence-corrected chi connectivity index (χ4v) is 69.4. The number of nitrogens with zero attached hydrogens (tertiary/aromatic N) is 6. The molecule has 139 heavy (non-hydrogen) atoms. The number of benzene rings is 3. The van der Waals surface area contributed by atoms with Crippen molar-refractivity contribution in [3.8, 4) is 107 Å². The SMILES string of the molecule is CCCCC(CC)C[Si]1(CC(CC)CCCC)c2cc(C=O)sc2-c2sc(-c3ccc(-c4cc5c(s4)-c4sc(-c6ccc(-c7cc8c(s7)-c7sc(-c9ccc(-c%10cc%11c(s%10)-c%10sc(OC)cc%10[Si]%11(CC(CC)CCCC)CC(CC)CCCC)c%10nsnc9%10)cc7[Si]8(CC(CC)CCCC)CC(CC)CCCC)c7nsnc67)cc4[Si]5(CC(CC)CCCC)CC(CC)CCCC)c4nsnc34)cc21. The number of rotatable bonds is 56. The second-order valence-corrected chi connectivity index (χ2v) is 69.0. The van der Waals surface area contributed by atoms with Crippen LogP contribution < -0.4 is 46.2 Å². The van der Waals surface area contributed by atoms with Crippen LogP contribution in [0.1, 0.15) is 326 Å². The van der Waals surface area contributed by atoms with Gasteiger partial charge in [0.15, 0.2) is 11.3 Å². The molecular weight excluding hydrogens is 1970 g/mol. The molecule has 742 valence electrons. The third-order valence-corrected chi connectivity index (χ3v) is 68.9. The van der Waals surface area contributed by atoms with E-state index in [0.717, 1.165) is 49.3 Å². The van der Waals surface area contributed by atoms with Crippen molar-refractivity contribution < 1.29 is 9.53 Å². The molecule has 0 N–H and O–H groups in total. The highest BCUT2D eigenvalue weighted by Crippen LogP contribution is 2.58. The van der Waals surface area contributed by atoms with E-state index in [-0.39, 0.29) is 0 Å². The van der Waals surface area contributed by atoms with Crippen molar-refractivity contribution in [2.45, 2.75) is 365 Å². The second kappa shape index (κ2) is 46.2. The van der Waals surface area contributed by atoms with Crippen LogP contribution in [0.3, 0.4) is 0 Å². The molecule has 0 fully saturated rings. The minimum absolute atomic E-state index is 0.652. The first-order chi connectivity index (χ1) is 67.9. The van der Waals surface area contributed by atoms with Gasteiger partial charge in [-0.1, -0.05) is 364 Å². The third kappa shape index (κ3) is 19.8. The van der Waals surface area contributed by atoms with Crippen LogP contribution in [0.15, 0.2) is 84.9 Å². The van der Waals surface area contributed by atoms with Crippen LogP contribution in [-0.2, 0) is 0 Å². The number of unbranched alkanes of at least 4 members (excludes halogenated alkanes) is 8. The summed E-state index contributed by atoms with van der Waals surface area (Å²) in [7, 11) is -7.74. The molecule has 14 aromatic rings. The van der Waals surface area contributed by atoms with Crippen LogP contribution in [0.4, 0.5) is 0 Å². The van der Waals surface area contributed by atoms with Crippen LogP contribution >= 0.6 is 126 Å². The molecule has 11 aromatic heterocycles. The lowest BCUT2D eigenvalue weighted by atomic mass is 10.0. The lowest BCUT2D eigenvalue weighted by Gasteiger charge is -2.35. The quantitative estimate of drug-likeness (QED) is 0.0274. The minimum Gasteiger partial charge on any atom is -0.487 e. The van der Waals surface area contributed by atoms with Crippen molar-refractivity contribution in [1.82, 2.24) is 26.2 Å². The molecular formula is C116H154N6O2S11Si4. The molecule has 8 unspecified atom stereocenters. The van der Waals surface area contributed by atoms with E-state index in [9.17, 15) is 4.79 Å². The van der Waals surface area contributed by atoms with Crippen molar-refractivity contribution in [2.24, 2.45) is 47.3 Å². The molecule has 0 saturated carbocycles. The van der Waals surface area contributed by atoms with E-state index >= 15 is 0 Å². The molecule has 18 rings (SSSR count). The highest BCUT2D eigenvalue weighted by molar-refractivity contribution is 7.34. The van der Waals surface area contributed by atoms with E-state index in [0.29, 0.717) is 47.3 Å². The first kappa shape index (κ1) is 104. The lowest BCUT2D eigenvalue weighted by molar-refractivity contribution is 0.112. The molecule has 4 aliphatic rings. The van der Waals surface area contributed by atoms with E-state index < -0.39 is 32.3 Å². The van der Waals surface area contributed by atoms with E-state index in [4.69, 9.17) is 31.0 Å². The molecule has 0 radical (unpaired) electrons. The molecule has 0 amide bonds. The standard InChI is InChI=1S/C116H154N6O2S11Si4/c1-18-34-42-73(26-9)65-136(66-74(27-10)43-35-19-2)94-56-81(64-123)125-109(94)110-95(136)57-88(126-110)82-50-51-83(104-103(82)117-133-118-104)89-58-96-111(127-89)112-97(137(96,67-75(28-11)44-36-20-3)68-76(29-12)45-37-21-4)59-90(128-112)84-52-53-85(106-105(84)119-134-120-106)91-60-98-113(129-91)114-99(138(98,69-77(30-13)46-38-22-5)70-78(31-14)47-39-23-6)61-92(130-114)86-54-55-87(108-107(86)121-135-122-108)93-62-100-115(131-93)116-101(63-102(124-17)132-116)139(100,71-79(32-15)48-40-24-7)72-80(33-16)49-41-25-8/h50-64,73-80H,18-49,65-72H2,1-17H3. The van der Waals surface area contributed by atoms with E-state index in [2.05, 4.69) is 241 Å². The number of carbonyl (C=O) groups is 1. The maximum absolute atomic E-state index is 13.0. The molecule has 8 nitrogen and oxygen atoms in total. The van der Waals surface area contributed by atoms with Gasteiger partial charge in [0, 0.05) is 102 Å². The zero-order chi connectivity index (χ0) is 97.0. The first-order valence-corrected chi connectivity index (χ1v) is 73.3. The number of aromatic nitrogens is 6. The Morgan fingerprint density at radius 1 is 0.252 bits per heavy atom. The topological polar surface area (TPSA) is 104 Å². The average Bonchev–Trinajstić information content (AvgIpc) is 1.54. The summed E-state index contributed by atoms with van der Waals surface area (Å²) in [4.78, 5) is 34.0. The van der Waals surface area contributed by atoms with E-state index in [1.165, 1.54) is 391 Å². The maximum Gasteiger partial charge on any atom is 0.173 e. The fraction of sp³-hybridized carbons (Fsp3) is 0.560. The van der Waals surface area contributed by atoms with Crippen molar-refractivity contribution in [3.05, 3.63) is 89.8 Å². The zero-order valence-corrected chi connectivity index (χ0v) is 99.5. The van der Waals surface area contributed by atoms with Gasteiger partial charge in [0.2, 0.25) is 0 Å². The molecule has 4 aliphatic heterocycles. The Bertz CT molecular complexity index is 6420. The van der Waals surface area contributed by atoms with Gasteiger partial charge in [0.05, 0.1) is 47.2 Å². The summed E-state index contributed by atoms with van der Waals surface area (Å²) in [5.41, 5.74) is 13.8. The van der Waals surface area contributed by atoms with Gasteiger partial charge in [-0.3, -0.25) is 4.79 Å². The second-order valence-electron chi connectivity index (χ2n) is 42.8. The molecule has 23 heteroatoms. The van der Waals surface area contributed by atoms with Gasteiger partial charge in [0.25, 0.3) is 0 Å². The summed E-state index contributed by atoms with van der Waals surface area (Å²) >= 11 is 20.3. The van der Waals surface area contributed by atoms with Crippen LogP contribution in [0.2, 0.25) is 48.4 Å². The Morgan fingerprint density at radius 2 is 0.432 bits per heavy atom. The Kier molecular flexibility index (Phi) is 34.6. The Morgan fingerprint density at radius 3 is 0.612 bits per heavy atom. The molecule has 8 atom stereocenters. The Labute approximate surface area is 881 Å². The highest BCUT2D eigenvalue weighted by atomic mass is 32.1. The van der Waals surface area contributed by atoms with E-state index in [1.54, 1.807) is 52.8 Å². The summed E-state index contributed by atoms with van der Waals surface area (Å²) in [5, 5.41) is 14.5. The number of hydrogen-bond acceptors (Lipinski definition) is 19. The van der Waals surface area contributed by atoms with Gasteiger partial charge in [-0.05, 0) is 186 Å². The Balaban J connectivity index is 0.740. The van der Waals surface area contributed by atoms with E-state index in [1.807, 2.05) is 41.1 Å². The van der Waals surface area contributed by atoms with Gasteiger partial charge in [-0.15, -0.1) is 79.4 Å². The van der Waals surface area contributed by atoms with Crippen molar-refractivity contribution >= 4 is 239 Å².